The average molecular weight is 778 g/mol. The Bertz CT molecular complexity index is 1670. The molecule has 0 spiro atoms. The van der Waals surface area contributed by atoms with Crippen molar-refractivity contribution in [3.63, 3.8) is 0 Å². The third-order valence-corrected chi connectivity index (χ3v) is 11.1. The van der Waals surface area contributed by atoms with Crippen molar-refractivity contribution in [3.8, 4) is 0 Å². The summed E-state index contributed by atoms with van der Waals surface area (Å²) in [6.45, 7) is 3.26. The summed E-state index contributed by atoms with van der Waals surface area (Å²) in [7, 11) is 0. The van der Waals surface area contributed by atoms with E-state index < -0.39 is 71.6 Å². The Morgan fingerprint density at radius 1 is 0.904 bits per heavy atom. The molecule has 1 saturated heterocycles. The summed E-state index contributed by atoms with van der Waals surface area (Å²) in [6.07, 6.45) is -10.8. The summed E-state index contributed by atoms with van der Waals surface area (Å²) in [6, 6.07) is 11.3. The molecule has 4 rings (SSSR count). The summed E-state index contributed by atoms with van der Waals surface area (Å²) < 4.78 is 84.1. The van der Waals surface area contributed by atoms with Gasteiger partial charge in [0.25, 0.3) is 0 Å². The summed E-state index contributed by atoms with van der Waals surface area (Å²) in [4.78, 5) is 29.5. The van der Waals surface area contributed by atoms with Crippen molar-refractivity contribution in [3.05, 3.63) is 93.5 Å². The van der Waals surface area contributed by atoms with Crippen LogP contribution in [0.2, 0.25) is 0 Å². The van der Waals surface area contributed by atoms with E-state index in [0.717, 1.165) is 40.0 Å². The molecule has 286 valence electrons. The topological polar surface area (TPSA) is 134 Å². The number of carbonyl (C=O) groups is 1. The largest absolute Gasteiger partial charge is 0.416 e. The molecule has 1 aromatic heterocycles. The number of anilines is 1. The number of aliphatic hydroxyl groups excluding tert-OH is 3. The molecule has 1 fully saturated rings. The van der Waals surface area contributed by atoms with Crippen molar-refractivity contribution < 1.29 is 51.2 Å². The lowest BCUT2D eigenvalue weighted by Crippen LogP contribution is -2.36. The second kappa shape index (κ2) is 17.8. The van der Waals surface area contributed by atoms with E-state index in [-0.39, 0.29) is 17.5 Å². The van der Waals surface area contributed by atoms with Crippen LogP contribution in [0, 0.1) is 5.41 Å². The van der Waals surface area contributed by atoms with E-state index in [1.807, 2.05) is 13.8 Å². The van der Waals surface area contributed by atoms with E-state index in [1.165, 1.54) is 36.5 Å². The lowest BCUT2D eigenvalue weighted by molar-refractivity contribution is -0.138. The quantitative estimate of drug-likeness (QED) is 0.0932. The standard InChI is InChI=1S/C35H41F6N3O6S2/c1-33(2,17-28(46)42-27-12-15-44(32(49)43-27)31-30(48)29(47)26(18-45)50-31)14-11-25(52-20-22-5-9-24(10-6-22)35(39,40)41)13-16-51-19-21-3-7-23(8-4-21)34(36,37)38/h3-10,12,15,25-26,29-31,45,47-48H,11,13-14,16-20H2,1-2H3,(H,42,43,46,49)/t25?,26-,29?,30+,31-/m1/s1. The molecule has 0 radical (unpaired) electrons. The number of aliphatic hydroxyl groups is 3. The number of nitrogens with one attached hydrogen (secondary N) is 1. The summed E-state index contributed by atoms with van der Waals surface area (Å²) in [5, 5.41) is 32.2. The first-order valence-corrected chi connectivity index (χ1v) is 18.6. The Morgan fingerprint density at radius 2 is 1.48 bits per heavy atom. The first-order valence-electron chi connectivity index (χ1n) is 16.4. The van der Waals surface area contributed by atoms with Crippen molar-refractivity contribution in [2.24, 2.45) is 5.41 Å². The van der Waals surface area contributed by atoms with Gasteiger partial charge in [0.2, 0.25) is 5.91 Å². The van der Waals surface area contributed by atoms with Crippen LogP contribution in [-0.2, 0) is 33.4 Å². The number of alkyl halides is 6. The molecule has 4 N–H and O–H groups in total. The van der Waals surface area contributed by atoms with Crippen LogP contribution in [0.5, 0.6) is 0 Å². The van der Waals surface area contributed by atoms with Gasteiger partial charge in [-0.05, 0) is 71.9 Å². The highest BCUT2D eigenvalue weighted by atomic mass is 32.2. The van der Waals surface area contributed by atoms with Gasteiger partial charge in [-0.25, -0.2) is 4.79 Å². The third kappa shape index (κ3) is 12.0. The lowest BCUT2D eigenvalue weighted by Gasteiger charge is -2.27. The number of rotatable bonds is 16. The number of hydrogen-bond donors (Lipinski definition) is 4. The number of carbonyl (C=O) groups excluding carboxylic acids is 1. The molecule has 9 nitrogen and oxygen atoms in total. The Hall–Kier alpha value is -3.09. The molecule has 2 unspecified atom stereocenters. The number of thioether (sulfide) groups is 2. The molecule has 1 aliphatic rings. The van der Waals surface area contributed by atoms with Crippen LogP contribution in [0.1, 0.15) is 68.0 Å². The first-order chi connectivity index (χ1) is 24.4. The highest BCUT2D eigenvalue weighted by Crippen LogP contribution is 2.35. The van der Waals surface area contributed by atoms with Crippen molar-refractivity contribution in [1.82, 2.24) is 9.55 Å². The maximum absolute atomic E-state index is 13.0. The molecular formula is C35H41F6N3O6S2. The van der Waals surface area contributed by atoms with Crippen LogP contribution in [0.25, 0.3) is 0 Å². The summed E-state index contributed by atoms with van der Waals surface area (Å²) in [5.41, 5.74) is -1.31. The molecular weight excluding hydrogens is 737 g/mol. The highest BCUT2D eigenvalue weighted by Gasteiger charge is 2.43. The highest BCUT2D eigenvalue weighted by molar-refractivity contribution is 7.99. The molecule has 0 bridgehead atoms. The minimum atomic E-state index is -4.44. The van der Waals surface area contributed by atoms with Gasteiger partial charge in [0, 0.05) is 29.4 Å². The number of amides is 1. The fraction of sp³-hybridized carbons (Fsp3) is 0.514. The fourth-order valence-electron chi connectivity index (χ4n) is 5.56. The molecule has 17 heteroatoms. The normalized spacial score (nSPS) is 20.2. The monoisotopic (exact) mass is 777 g/mol. The zero-order valence-corrected chi connectivity index (χ0v) is 30.0. The van der Waals surface area contributed by atoms with Crippen molar-refractivity contribution >= 4 is 35.2 Å². The van der Waals surface area contributed by atoms with Crippen molar-refractivity contribution in [2.75, 3.05) is 17.7 Å². The smallest absolute Gasteiger partial charge is 0.394 e. The van der Waals surface area contributed by atoms with Gasteiger partial charge in [-0.3, -0.25) is 9.36 Å². The van der Waals surface area contributed by atoms with E-state index in [9.17, 15) is 51.3 Å². The van der Waals surface area contributed by atoms with Gasteiger partial charge in [-0.1, -0.05) is 38.1 Å². The maximum Gasteiger partial charge on any atom is 0.416 e. The molecule has 1 aliphatic heterocycles. The van der Waals surface area contributed by atoms with Crippen LogP contribution in [0.3, 0.4) is 0 Å². The van der Waals surface area contributed by atoms with E-state index in [1.54, 1.807) is 23.5 Å². The van der Waals surface area contributed by atoms with Crippen molar-refractivity contribution in [1.29, 1.82) is 0 Å². The Balaban J connectivity index is 1.33. The SMILES string of the molecule is CC(C)(CCC(CCSCc1ccc(C(F)(F)F)cc1)SCc1ccc(C(F)(F)F)cc1)CC(=O)Nc1ccn([C@@H]2O[C@H](CO)C(O)[C@@H]2O)c(=O)n1. The number of nitrogens with zero attached hydrogens (tertiary/aromatic N) is 2. The molecule has 1 amide bonds. The Labute approximate surface area is 305 Å². The fourth-order valence-corrected chi connectivity index (χ4v) is 7.92. The van der Waals surface area contributed by atoms with Gasteiger partial charge in [0.1, 0.15) is 24.1 Å². The molecule has 52 heavy (non-hydrogen) atoms. The summed E-state index contributed by atoms with van der Waals surface area (Å²) >= 11 is 3.16. The zero-order chi connectivity index (χ0) is 38.3. The van der Waals surface area contributed by atoms with E-state index in [4.69, 9.17) is 4.74 Å². The van der Waals surface area contributed by atoms with E-state index in [0.29, 0.717) is 36.5 Å². The van der Waals surface area contributed by atoms with Crippen LogP contribution >= 0.6 is 23.5 Å². The van der Waals surface area contributed by atoms with E-state index >= 15 is 0 Å². The number of benzene rings is 2. The Kier molecular flexibility index (Phi) is 14.3. The van der Waals surface area contributed by atoms with Gasteiger partial charge in [0.05, 0.1) is 17.7 Å². The minimum Gasteiger partial charge on any atom is -0.394 e. The Morgan fingerprint density at radius 3 is 2.00 bits per heavy atom. The van der Waals surface area contributed by atoms with Crippen molar-refractivity contribution in [2.45, 2.75) is 93.2 Å². The van der Waals surface area contributed by atoms with Crippen LogP contribution in [-0.4, -0.2) is 66.7 Å². The molecule has 0 aliphatic carbocycles. The van der Waals surface area contributed by atoms with E-state index in [2.05, 4.69) is 10.3 Å². The maximum atomic E-state index is 13.0. The molecule has 2 heterocycles. The molecule has 0 saturated carbocycles. The van der Waals surface area contributed by atoms with Gasteiger partial charge in [0.15, 0.2) is 6.23 Å². The molecule has 5 atom stereocenters. The first kappa shape index (κ1) is 41.7. The predicted octanol–water partition coefficient (Wildman–Crippen LogP) is 6.65. The number of ether oxygens (including phenoxy) is 1. The zero-order valence-electron chi connectivity index (χ0n) is 28.4. The molecule has 3 aromatic rings. The number of aromatic nitrogens is 2. The second-order valence-electron chi connectivity index (χ2n) is 13.3. The average Bonchev–Trinajstić information content (AvgIpc) is 3.35. The van der Waals surface area contributed by atoms with Gasteiger partial charge < -0.3 is 25.4 Å². The molecule has 2 aromatic carbocycles. The van der Waals surface area contributed by atoms with Gasteiger partial charge in [-0.15, -0.1) is 0 Å². The van der Waals surface area contributed by atoms with Gasteiger partial charge in [-0.2, -0.15) is 54.9 Å². The third-order valence-electron chi connectivity index (χ3n) is 8.57. The van der Waals surface area contributed by atoms with Crippen LogP contribution < -0.4 is 11.0 Å². The predicted molar refractivity (Wildman–Crippen MR) is 187 cm³/mol. The second-order valence-corrected chi connectivity index (χ2v) is 15.7. The number of hydrogen-bond acceptors (Lipinski definition) is 9. The van der Waals surface area contributed by atoms with Crippen LogP contribution in [0.4, 0.5) is 32.2 Å². The summed E-state index contributed by atoms with van der Waals surface area (Å²) in [5.74, 6) is 1.24. The number of halogens is 6. The van der Waals surface area contributed by atoms with Gasteiger partial charge >= 0.3 is 18.0 Å². The van der Waals surface area contributed by atoms with Crippen LogP contribution in [0.15, 0.2) is 65.6 Å². The lowest BCUT2D eigenvalue weighted by atomic mass is 9.83. The minimum absolute atomic E-state index is 0.0242.